The van der Waals surface area contributed by atoms with Gasteiger partial charge in [0.25, 0.3) is 5.69 Å². The number of hydrogen-bond acceptors (Lipinski definition) is 4. The molecule has 3 heterocycles. The largest absolute Gasteiger partial charge is 0.343 e. The number of thioether (sulfide) groups is 1. The Labute approximate surface area is 120 Å². The molecule has 2 aliphatic heterocycles. The van der Waals surface area contributed by atoms with Crippen molar-refractivity contribution in [3.8, 4) is 0 Å². The highest BCUT2D eigenvalue weighted by Crippen LogP contribution is 2.42. The molecule has 2 aliphatic rings. The highest BCUT2D eigenvalue weighted by atomic mass is 32.2. The van der Waals surface area contributed by atoms with E-state index in [0.29, 0.717) is 0 Å². The molecule has 2 aromatic rings. The number of benzene rings is 1. The monoisotopic (exact) mass is 289 g/mol. The smallest absolute Gasteiger partial charge is 0.279 e. The molecule has 1 aromatic heterocycles. The van der Waals surface area contributed by atoms with Gasteiger partial charge >= 0.3 is 0 Å². The topological polar surface area (TPSA) is 60.1 Å². The fourth-order valence-electron chi connectivity index (χ4n) is 3.39. The zero-order valence-electron chi connectivity index (χ0n) is 11.0. The number of nitro groups is 1. The predicted molar refractivity (Wildman–Crippen MR) is 79.3 cm³/mol. The SMILES string of the molecule is O=[N+]([O-])c1ccc2c3c1c1c(n3CCCS2)CCNC1. The quantitative estimate of drug-likeness (QED) is 0.647. The number of non-ortho nitro benzene ring substituents is 1. The molecule has 0 amide bonds. The molecule has 5 nitrogen and oxygen atoms in total. The molecule has 0 atom stereocenters. The van der Waals surface area contributed by atoms with E-state index in [1.54, 1.807) is 6.07 Å². The summed E-state index contributed by atoms with van der Waals surface area (Å²) >= 11 is 1.82. The lowest BCUT2D eigenvalue weighted by Gasteiger charge is -2.16. The minimum atomic E-state index is -0.242. The normalized spacial score (nSPS) is 17.8. The fourth-order valence-corrected chi connectivity index (χ4v) is 4.39. The summed E-state index contributed by atoms with van der Waals surface area (Å²) in [5.41, 5.74) is 3.79. The number of fused-ring (bicyclic) bond motifs is 3. The Bertz CT molecular complexity index is 723. The Hall–Kier alpha value is -1.53. The van der Waals surface area contributed by atoms with Crippen molar-refractivity contribution in [3.05, 3.63) is 33.5 Å². The van der Waals surface area contributed by atoms with Crippen LogP contribution in [0.15, 0.2) is 17.0 Å². The minimum absolute atomic E-state index is 0.242. The van der Waals surface area contributed by atoms with Crippen molar-refractivity contribution >= 4 is 28.4 Å². The Morgan fingerprint density at radius 2 is 2.30 bits per heavy atom. The molecule has 0 radical (unpaired) electrons. The summed E-state index contributed by atoms with van der Waals surface area (Å²) in [4.78, 5) is 12.3. The lowest BCUT2D eigenvalue weighted by atomic mass is 10.0. The molecule has 0 unspecified atom stereocenters. The Morgan fingerprint density at radius 3 is 3.15 bits per heavy atom. The van der Waals surface area contributed by atoms with Crippen LogP contribution >= 0.6 is 11.8 Å². The molecule has 0 spiro atoms. The molecular formula is C14H15N3O2S. The van der Waals surface area contributed by atoms with Crippen LogP contribution in [-0.2, 0) is 19.5 Å². The van der Waals surface area contributed by atoms with Gasteiger partial charge < -0.3 is 9.88 Å². The van der Waals surface area contributed by atoms with Crippen molar-refractivity contribution in [1.29, 1.82) is 0 Å². The first-order valence-electron chi connectivity index (χ1n) is 6.92. The maximum atomic E-state index is 11.4. The number of hydrogen-bond donors (Lipinski definition) is 1. The Morgan fingerprint density at radius 1 is 1.40 bits per heavy atom. The number of rotatable bonds is 1. The average molecular weight is 289 g/mol. The molecule has 0 aliphatic carbocycles. The van der Waals surface area contributed by atoms with Crippen LogP contribution in [-0.4, -0.2) is 21.8 Å². The first-order valence-corrected chi connectivity index (χ1v) is 7.91. The van der Waals surface area contributed by atoms with Gasteiger partial charge in [-0.2, -0.15) is 0 Å². The standard InChI is InChI=1S/C14H15N3O2S/c18-17(19)11-2-3-12-14-13(11)9-8-15-5-4-10(9)16(14)6-1-7-20-12/h2-3,15H,1,4-8H2. The van der Waals surface area contributed by atoms with Crippen molar-refractivity contribution in [1.82, 2.24) is 9.88 Å². The maximum Gasteiger partial charge on any atom is 0.279 e. The van der Waals surface area contributed by atoms with Gasteiger partial charge in [0.2, 0.25) is 0 Å². The van der Waals surface area contributed by atoms with E-state index in [2.05, 4.69) is 9.88 Å². The van der Waals surface area contributed by atoms with Gasteiger partial charge in [-0.05, 0) is 18.2 Å². The molecule has 0 saturated carbocycles. The summed E-state index contributed by atoms with van der Waals surface area (Å²) < 4.78 is 2.34. The molecule has 4 rings (SSSR count). The van der Waals surface area contributed by atoms with Gasteiger partial charge in [-0.3, -0.25) is 10.1 Å². The van der Waals surface area contributed by atoms with E-state index >= 15 is 0 Å². The summed E-state index contributed by atoms with van der Waals surface area (Å²) in [7, 11) is 0. The molecule has 6 heteroatoms. The second-order valence-electron chi connectivity index (χ2n) is 5.27. The molecular weight excluding hydrogens is 274 g/mol. The summed E-state index contributed by atoms with van der Waals surface area (Å²) in [6, 6.07) is 3.60. The van der Waals surface area contributed by atoms with E-state index < -0.39 is 0 Å². The number of nitrogens with zero attached hydrogens (tertiary/aromatic N) is 2. The van der Waals surface area contributed by atoms with E-state index in [9.17, 15) is 10.1 Å². The molecule has 0 saturated heterocycles. The van der Waals surface area contributed by atoms with Crippen LogP contribution in [0, 0.1) is 10.1 Å². The zero-order chi connectivity index (χ0) is 13.7. The first kappa shape index (κ1) is 12.2. The molecule has 20 heavy (non-hydrogen) atoms. The van der Waals surface area contributed by atoms with Crippen LogP contribution in [0.4, 0.5) is 5.69 Å². The van der Waals surface area contributed by atoms with Crippen LogP contribution in [0.2, 0.25) is 0 Å². The van der Waals surface area contributed by atoms with Crippen LogP contribution in [0.5, 0.6) is 0 Å². The predicted octanol–water partition coefficient (Wildman–Crippen LogP) is 2.69. The second kappa shape index (κ2) is 4.49. The maximum absolute atomic E-state index is 11.4. The average Bonchev–Trinajstić information content (AvgIpc) is 2.64. The summed E-state index contributed by atoms with van der Waals surface area (Å²) in [5, 5.41) is 15.6. The van der Waals surface area contributed by atoms with E-state index in [1.807, 2.05) is 17.8 Å². The lowest BCUT2D eigenvalue weighted by molar-refractivity contribution is -0.383. The highest BCUT2D eigenvalue weighted by molar-refractivity contribution is 7.99. The summed E-state index contributed by atoms with van der Waals surface area (Å²) in [6.45, 7) is 2.68. The van der Waals surface area contributed by atoms with Gasteiger partial charge in [0.15, 0.2) is 0 Å². The number of nitrogens with one attached hydrogen (secondary N) is 1. The van der Waals surface area contributed by atoms with E-state index in [0.717, 1.165) is 54.7 Å². The van der Waals surface area contributed by atoms with Gasteiger partial charge in [0.05, 0.1) is 15.8 Å². The Balaban J connectivity index is 2.15. The van der Waals surface area contributed by atoms with Gasteiger partial charge in [-0.1, -0.05) is 0 Å². The third-order valence-electron chi connectivity index (χ3n) is 4.19. The summed E-state index contributed by atoms with van der Waals surface area (Å²) in [6.07, 6.45) is 2.09. The fraction of sp³-hybridized carbons (Fsp3) is 0.429. The highest BCUT2D eigenvalue weighted by Gasteiger charge is 2.28. The van der Waals surface area contributed by atoms with Crippen molar-refractivity contribution in [2.75, 3.05) is 12.3 Å². The van der Waals surface area contributed by atoms with Gasteiger partial charge in [-0.15, -0.1) is 11.8 Å². The lowest BCUT2D eigenvalue weighted by Crippen LogP contribution is -2.24. The van der Waals surface area contributed by atoms with Crippen LogP contribution in [0.1, 0.15) is 17.7 Å². The third-order valence-corrected chi connectivity index (χ3v) is 5.32. The Kier molecular flexibility index (Phi) is 2.75. The molecule has 1 aromatic carbocycles. The van der Waals surface area contributed by atoms with Gasteiger partial charge in [-0.25, -0.2) is 0 Å². The van der Waals surface area contributed by atoms with Crippen molar-refractivity contribution in [2.45, 2.75) is 30.8 Å². The number of aromatic nitrogens is 1. The van der Waals surface area contributed by atoms with E-state index in [4.69, 9.17) is 0 Å². The minimum Gasteiger partial charge on any atom is -0.343 e. The van der Waals surface area contributed by atoms with Crippen molar-refractivity contribution in [3.63, 3.8) is 0 Å². The van der Waals surface area contributed by atoms with Gasteiger partial charge in [0, 0.05) is 48.3 Å². The van der Waals surface area contributed by atoms with Gasteiger partial charge in [0.1, 0.15) is 0 Å². The number of nitro benzene ring substituents is 1. The van der Waals surface area contributed by atoms with Crippen LogP contribution < -0.4 is 5.32 Å². The summed E-state index contributed by atoms with van der Waals surface area (Å²) in [5.74, 6) is 1.08. The van der Waals surface area contributed by atoms with E-state index in [-0.39, 0.29) is 10.6 Å². The van der Waals surface area contributed by atoms with Crippen molar-refractivity contribution in [2.24, 2.45) is 0 Å². The third kappa shape index (κ3) is 1.61. The molecule has 1 N–H and O–H groups in total. The second-order valence-corrected chi connectivity index (χ2v) is 6.41. The first-order chi connectivity index (χ1) is 9.77. The zero-order valence-corrected chi connectivity index (χ0v) is 11.8. The molecule has 0 bridgehead atoms. The van der Waals surface area contributed by atoms with Crippen molar-refractivity contribution < 1.29 is 4.92 Å². The van der Waals surface area contributed by atoms with Crippen LogP contribution in [0.3, 0.4) is 0 Å². The molecule has 0 fully saturated rings. The number of aryl methyl sites for hydroxylation is 1. The van der Waals surface area contributed by atoms with Crippen LogP contribution in [0.25, 0.3) is 10.9 Å². The van der Waals surface area contributed by atoms with E-state index in [1.165, 1.54) is 10.6 Å². The molecule has 104 valence electrons.